The molecule has 0 saturated heterocycles. The fourth-order valence-corrected chi connectivity index (χ4v) is 3.43. The van der Waals surface area contributed by atoms with E-state index in [4.69, 9.17) is 4.74 Å². The van der Waals surface area contributed by atoms with Gasteiger partial charge in [-0.1, -0.05) is 36.6 Å². The molecular formula is C19H21N5O4. The Morgan fingerprint density at radius 1 is 1.29 bits per heavy atom. The monoisotopic (exact) mass is 383 g/mol. The number of carbonyl (C=O) groups is 2. The van der Waals surface area contributed by atoms with E-state index in [1.807, 2.05) is 0 Å². The van der Waals surface area contributed by atoms with Crippen molar-refractivity contribution in [2.75, 3.05) is 13.7 Å². The van der Waals surface area contributed by atoms with Gasteiger partial charge in [0.05, 0.1) is 11.5 Å². The molecule has 0 bridgehead atoms. The van der Waals surface area contributed by atoms with E-state index in [1.54, 1.807) is 31.3 Å². The Morgan fingerprint density at radius 2 is 2.00 bits per heavy atom. The first kappa shape index (κ1) is 19.5. The smallest absolute Gasteiger partial charge is 0.328 e. The molecular weight excluding hydrogens is 362 g/mol. The average Bonchev–Trinajstić information content (AvgIpc) is 2.74. The van der Waals surface area contributed by atoms with E-state index in [9.17, 15) is 19.6 Å². The second-order valence-electron chi connectivity index (χ2n) is 6.89. The zero-order chi connectivity index (χ0) is 20.1. The zero-order valence-corrected chi connectivity index (χ0v) is 15.6. The van der Waals surface area contributed by atoms with Crippen molar-refractivity contribution in [3.63, 3.8) is 0 Å². The standard InChI is InChI=1S/C19H21N5O4/c1-23(19(13-20)9-5-2-6-10-19)16(25)12-28-17(26)11-24-18(27)14-7-3-4-8-15(14)21-22-24/h3-4,7-8H,2,5-6,9-12H2,1H3. The Morgan fingerprint density at radius 3 is 2.71 bits per heavy atom. The molecule has 3 rings (SSSR count). The molecule has 146 valence electrons. The summed E-state index contributed by atoms with van der Waals surface area (Å²) in [5.74, 6) is -1.23. The van der Waals surface area contributed by atoms with Gasteiger partial charge in [-0.25, -0.2) is 0 Å². The molecule has 0 radical (unpaired) electrons. The molecule has 1 aromatic carbocycles. The van der Waals surface area contributed by atoms with E-state index in [0.717, 1.165) is 23.9 Å². The minimum Gasteiger partial charge on any atom is -0.454 e. The van der Waals surface area contributed by atoms with Gasteiger partial charge in [0, 0.05) is 7.05 Å². The Bertz CT molecular complexity index is 988. The largest absolute Gasteiger partial charge is 0.454 e. The third-order valence-electron chi connectivity index (χ3n) is 5.17. The van der Waals surface area contributed by atoms with Crippen LogP contribution in [-0.2, 0) is 20.9 Å². The van der Waals surface area contributed by atoms with Crippen molar-refractivity contribution >= 4 is 22.8 Å². The molecule has 1 aliphatic carbocycles. The predicted molar refractivity (Wildman–Crippen MR) is 99.0 cm³/mol. The van der Waals surface area contributed by atoms with Gasteiger partial charge >= 0.3 is 5.97 Å². The second-order valence-corrected chi connectivity index (χ2v) is 6.89. The molecule has 1 saturated carbocycles. The number of hydrogen-bond acceptors (Lipinski definition) is 7. The summed E-state index contributed by atoms with van der Waals surface area (Å²) in [6.07, 6.45) is 4.04. The van der Waals surface area contributed by atoms with Crippen molar-refractivity contribution < 1.29 is 14.3 Å². The lowest BCUT2D eigenvalue weighted by molar-refractivity contribution is -0.154. The summed E-state index contributed by atoms with van der Waals surface area (Å²) in [5.41, 5.74) is -0.873. The average molecular weight is 383 g/mol. The van der Waals surface area contributed by atoms with Gasteiger partial charge in [0.2, 0.25) is 0 Å². The molecule has 0 atom stereocenters. The van der Waals surface area contributed by atoms with Crippen molar-refractivity contribution in [1.29, 1.82) is 5.26 Å². The molecule has 2 aromatic rings. The maximum Gasteiger partial charge on any atom is 0.328 e. The number of fused-ring (bicyclic) bond motifs is 1. The Balaban J connectivity index is 1.61. The summed E-state index contributed by atoms with van der Waals surface area (Å²) in [7, 11) is 1.56. The molecule has 1 fully saturated rings. The minimum absolute atomic E-state index is 0.342. The summed E-state index contributed by atoms with van der Waals surface area (Å²) in [4.78, 5) is 38.2. The lowest BCUT2D eigenvalue weighted by Crippen LogP contribution is -2.51. The van der Waals surface area contributed by atoms with Gasteiger partial charge in [0.15, 0.2) is 6.61 Å². The van der Waals surface area contributed by atoms with E-state index in [1.165, 1.54) is 4.90 Å². The third-order valence-corrected chi connectivity index (χ3v) is 5.17. The number of amides is 1. The predicted octanol–water partition coefficient (Wildman–Crippen LogP) is 1.02. The van der Waals surface area contributed by atoms with Crippen LogP contribution in [0.15, 0.2) is 29.1 Å². The number of likely N-dealkylation sites (N-methyl/N-ethyl adjacent to an activating group) is 1. The van der Waals surface area contributed by atoms with Crippen LogP contribution >= 0.6 is 0 Å². The van der Waals surface area contributed by atoms with Crippen molar-refractivity contribution in [2.24, 2.45) is 0 Å². The zero-order valence-electron chi connectivity index (χ0n) is 15.6. The highest BCUT2D eigenvalue weighted by Crippen LogP contribution is 2.32. The van der Waals surface area contributed by atoms with Crippen LogP contribution in [-0.4, -0.2) is 51.0 Å². The Labute approximate surface area is 161 Å². The molecule has 9 heteroatoms. The summed E-state index contributed by atoms with van der Waals surface area (Å²) in [6.45, 7) is -0.939. The summed E-state index contributed by atoms with van der Waals surface area (Å²) >= 11 is 0. The fraction of sp³-hybridized carbons (Fsp3) is 0.474. The first-order valence-corrected chi connectivity index (χ1v) is 9.13. The van der Waals surface area contributed by atoms with Crippen LogP contribution in [0.25, 0.3) is 10.9 Å². The first-order chi connectivity index (χ1) is 13.5. The molecule has 0 spiro atoms. The van der Waals surface area contributed by atoms with Gasteiger partial charge in [0.1, 0.15) is 17.6 Å². The number of esters is 1. The highest BCUT2D eigenvalue weighted by atomic mass is 16.5. The van der Waals surface area contributed by atoms with Gasteiger partial charge < -0.3 is 9.64 Å². The van der Waals surface area contributed by atoms with Crippen LogP contribution in [0.3, 0.4) is 0 Å². The van der Waals surface area contributed by atoms with E-state index >= 15 is 0 Å². The molecule has 0 N–H and O–H groups in total. The number of nitrogens with zero attached hydrogens (tertiary/aromatic N) is 5. The van der Waals surface area contributed by atoms with Gasteiger partial charge in [-0.15, -0.1) is 5.10 Å². The van der Waals surface area contributed by atoms with Crippen LogP contribution in [0, 0.1) is 11.3 Å². The molecule has 1 heterocycles. The van der Waals surface area contributed by atoms with Crippen LogP contribution in [0.1, 0.15) is 32.1 Å². The van der Waals surface area contributed by atoms with Crippen molar-refractivity contribution in [2.45, 2.75) is 44.2 Å². The Kier molecular flexibility index (Phi) is 5.68. The third kappa shape index (κ3) is 3.86. The summed E-state index contributed by atoms with van der Waals surface area (Å²) in [5, 5.41) is 17.5. The highest BCUT2D eigenvalue weighted by molar-refractivity contribution is 5.81. The number of aromatic nitrogens is 3. The lowest BCUT2D eigenvalue weighted by atomic mass is 9.81. The SMILES string of the molecule is CN(C(=O)COC(=O)Cn1nnc2ccccc2c1=O)C1(C#N)CCCCC1. The maximum absolute atomic E-state index is 12.4. The van der Waals surface area contributed by atoms with Gasteiger partial charge in [-0.3, -0.25) is 14.4 Å². The lowest BCUT2D eigenvalue weighted by Gasteiger charge is -2.38. The number of hydrogen-bond donors (Lipinski definition) is 0. The van der Waals surface area contributed by atoms with E-state index in [-0.39, 0.29) is 0 Å². The molecule has 1 aliphatic rings. The van der Waals surface area contributed by atoms with Crippen LogP contribution in [0.4, 0.5) is 0 Å². The topological polar surface area (TPSA) is 118 Å². The van der Waals surface area contributed by atoms with Gasteiger partial charge in [-0.05, 0) is 25.0 Å². The van der Waals surface area contributed by atoms with Crippen LogP contribution in [0.2, 0.25) is 0 Å². The van der Waals surface area contributed by atoms with E-state index < -0.39 is 36.1 Å². The van der Waals surface area contributed by atoms with Gasteiger partial charge in [-0.2, -0.15) is 9.94 Å². The van der Waals surface area contributed by atoms with Crippen molar-refractivity contribution in [3.8, 4) is 6.07 Å². The number of benzene rings is 1. The second kappa shape index (κ2) is 8.17. The Hall–Kier alpha value is -3.28. The molecule has 1 amide bonds. The fourth-order valence-electron chi connectivity index (χ4n) is 3.43. The highest BCUT2D eigenvalue weighted by Gasteiger charge is 2.39. The van der Waals surface area contributed by atoms with E-state index in [2.05, 4.69) is 16.4 Å². The molecule has 1 aromatic heterocycles. The molecule has 9 nitrogen and oxygen atoms in total. The van der Waals surface area contributed by atoms with Crippen LogP contribution < -0.4 is 5.56 Å². The molecule has 0 unspecified atom stereocenters. The molecule has 0 aliphatic heterocycles. The summed E-state index contributed by atoms with van der Waals surface area (Å²) < 4.78 is 5.91. The minimum atomic E-state index is -0.845. The molecule has 28 heavy (non-hydrogen) atoms. The normalized spacial score (nSPS) is 15.6. The number of rotatable bonds is 5. The van der Waals surface area contributed by atoms with Crippen molar-refractivity contribution in [3.05, 3.63) is 34.6 Å². The maximum atomic E-state index is 12.4. The number of ether oxygens (including phenoxy) is 1. The first-order valence-electron chi connectivity index (χ1n) is 9.13. The van der Waals surface area contributed by atoms with Crippen LogP contribution in [0.5, 0.6) is 0 Å². The number of carbonyl (C=O) groups excluding carboxylic acids is 2. The quantitative estimate of drug-likeness (QED) is 0.707. The van der Waals surface area contributed by atoms with E-state index in [0.29, 0.717) is 23.7 Å². The van der Waals surface area contributed by atoms with Gasteiger partial charge in [0.25, 0.3) is 11.5 Å². The summed E-state index contributed by atoms with van der Waals surface area (Å²) in [6, 6.07) is 8.92. The van der Waals surface area contributed by atoms with Crippen molar-refractivity contribution in [1.82, 2.24) is 19.9 Å². The number of nitriles is 1.